The quantitative estimate of drug-likeness (QED) is 0.766. The van der Waals surface area contributed by atoms with Crippen molar-refractivity contribution in [3.63, 3.8) is 0 Å². The molecule has 1 heterocycles. The molecule has 7 nitrogen and oxygen atoms in total. The molecule has 2 rings (SSSR count). The standard InChI is InChI=1S/C10H7BrFN3O4S/c11-5-3-6(10(16)17)9(12)7(4-5)20(18,19)15-8-1-2-13-14-8/h1-4H,(H,16,17)(H2,13,14,15). The van der Waals surface area contributed by atoms with Crippen molar-refractivity contribution in [2.75, 3.05) is 4.72 Å². The minimum Gasteiger partial charge on any atom is -0.478 e. The van der Waals surface area contributed by atoms with E-state index in [0.717, 1.165) is 12.1 Å². The van der Waals surface area contributed by atoms with E-state index < -0.39 is 32.3 Å². The number of hydrogen-bond acceptors (Lipinski definition) is 4. The highest BCUT2D eigenvalue weighted by Gasteiger charge is 2.25. The van der Waals surface area contributed by atoms with Gasteiger partial charge in [-0.2, -0.15) is 5.10 Å². The van der Waals surface area contributed by atoms with Crippen LogP contribution < -0.4 is 4.72 Å². The summed E-state index contributed by atoms with van der Waals surface area (Å²) < 4.78 is 40.2. The van der Waals surface area contributed by atoms with Gasteiger partial charge in [-0.3, -0.25) is 9.82 Å². The van der Waals surface area contributed by atoms with Gasteiger partial charge in [-0.1, -0.05) is 15.9 Å². The van der Waals surface area contributed by atoms with Crippen LogP contribution in [0.25, 0.3) is 0 Å². The average Bonchev–Trinajstić information content (AvgIpc) is 2.83. The Bertz CT molecular complexity index is 761. The monoisotopic (exact) mass is 363 g/mol. The Morgan fingerprint density at radius 1 is 1.45 bits per heavy atom. The molecule has 0 bridgehead atoms. The maximum atomic E-state index is 14.0. The number of anilines is 1. The number of halogens is 2. The van der Waals surface area contributed by atoms with E-state index in [2.05, 4.69) is 26.1 Å². The molecule has 0 amide bonds. The Morgan fingerprint density at radius 3 is 2.70 bits per heavy atom. The van der Waals surface area contributed by atoms with Gasteiger partial charge in [0, 0.05) is 10.5 Å². The zero-order valence-electron chi connectivity index (χ0n) is 9.59. The van der Waals surface area contributed by atoms with Gasteiger partial charge in [0.25, 0.3) is 10.0 Å². The summed E-state index contributed by atoms with van der Waals surface area (Å²) in [5.41, 5.74) is -0.746. The molecule has 0 atom stereocenters. The third kappa shape index (κ3) is 2.80. The second kappa shape index (κ2) is 5.21. The molecule has 2 aromatic rings. The molecule has 0 saturated carbocycles. The van der Waals surface area contributed by atoms with Crippen LogP contribution in [0.4, 0.5) is 10.2 Å². The fraction of sp³-hybridized carbons (Fsp3) is 0. The third-order valence-corrected chi connectivity index (χ3v) is 4.09. The summed E-state index contributed by atoms with van der Waals surface area (Å²) in [6, 6.07) is 3.28. The smallest absolute Gasteiger partial charge is 0.338 e. The van der Waals surface area contributed by atoms with Crippen LogP contribution in [0, 0.1) is 5.82 Å². The van der Waals surface area contributed by atoms with Gasteiger partial charge in [0.1, 0.15) is 10.7 Å². The largest absolute Gasteiger partial charge is 0.478 e. The number of carboxylic acids is 1. The van der Waals surface area contributed by atoms with Crippen molar-refractivity contribution in [2.45, 2.75) is 4.90 Å². The molecule has 20 heavy (non-hydrogen) atoms. The van der Waals surface area contributed by atoms with Gasteiger partial charge in [0.15, 0.2) is 5.82 Å². The lowest BCUT2D eigenvalue weighted by atomic mass is 10.2. The number of benzene rings is 1. The van der Waals surface area contributed by atoms with Crippen LogP contribution in [0.3, 0.4) is 0 Å². The highest BCUT2D eigenvalue weighted by molar-refractivity contribution is 9.10. The van der Waals surface area contributed by atoms with Crippen molar-refractivity contribution in [2.24, 2.45) is 0 Å². The molecule has 0 saturated heterocycles. The SMILES string of the molecule is O=C(O)c1cc(Br)cc(S(=O)(=O)Nc2ccn[nH]2)c1F. The first kappa shape index (κ1) is 14.5. The topological polar surface area (TPSA) is 112 Å². The molecule has 0 unspecified atom stereocenters. The van der Waals surface area contributed by atoms with Crippen LogP contribution in [-0.2, 0) is 10.0 Å². The highest BCUT2D eigenvalue weighted by Crippen LogP contribution is 2.25. The Balaban J connectivity index is 2.54. The van der Waals surface area contributed by atoms with Gasteiger partial charge in [0.05, 0.1) is 11.8 Å². The van der Waals surface area contributed by atoms with Crippen molar-refractivity contribution in [3.8, 4) is 0 Å². The van der Waals surface area contributed by atoms with Gasteiger partial charge in [-0.05, 0) is 12.1 Å². The molecule has 1 aromatic heterocycles. The molecule has 10 heteroatoms. The van der Waals surface area contributed by atoms with Crippen LogP contribution in [0.2, 0.25) is 0 Å². The van der Waals surface area contributed by atoms with Crippen LogP contribution >= 0.6 is 15.9 Å². The molecule has 0 spiro atoms. The van der Waals surface area contributed by atoms with Crippen molar-refractivity contribution in [1.29, 1.82) is 0 Å². The van der Waals surface area contributed by atoms with E-state index in [9.17, 15) is 17.6 Å². The molecule has 106 valence electrons. The molecule has 0 radical (unpaired) electrons. The fourth-order valence-corrected chi connectivity index (χ4v) is 3.18. The first-order valence-electron chi connectivity index (χ1n) is 5.06. The Hall–Kier alpha value is -1.94. The number of carboxylic acid groups (broad SMARTS) is 1. The number of carbonyl (C=O) groups is 1. The zero-order chi connectivity index (χ0) is 14.9. The van der Waals surface area contributed by atoms with E-state index in [0.29, 0.717) is 0 Å². The fourth-order valence-electron chi connectivity index (χ4n) is 1.43. The number of nitrogens with one attached hydrogen (secondary N) is 2. The Labute approximate surface area is 121 Å². The summed E-state index contributed by atoms with van der Waals surface area (Å²) >= 11 is 2.94. The maximum Gasteiger partial charge on any atom is 0.338 e. The number of aromatic amines is 1. The molecule has 1 aromatic carbocycles. The summed E-state index contributed by atoms with van der Waals surface area (Å²) in [4.78, 5) is 10.1. The summed E-state index contributed by atoms with van der Waals surface area (Å²) in [5, 5.41) is 14.7. The maximum absolute atomic E-state index is 14.0. The second-order valence-corrected chi connectivity index (χ2v) is 6.21. The number of sulfonamides is 1. The molecule has 3 N–H and O–H groups in total. The number of hydrogen-bond donors (Lipinski definition) is 3. The predicted molar refractivity (Wildman–Crippen MR) is 70.5 cm³/mol. The summed E-state index contributed by atoms with van der Waals surface area (Å²) in [5.74, 6) is -2.88. The lowest BCUT2D eigenvalue weighted by molar-refractivity contribution is 0.0691. The number of aromatic carboxylic acids is 1. The van der Waals surface area contributed by atoms with E-state index in [4.69, 9.17) is 5.11 Å². The summed E-state index contributed by atoms with van der Waals surface area (Å²) in [6.07, 6.45) is 1.30. The van der Waals surface area contributed by atoms with Crippen molar-refractivity contribution in [1.82, 2.24) is 10.2 Å². The van der Waals surface area contributed by atoms with E-state index in [1.54, 1.807) is 0 Å². The van der Waals surface area contributed by atoms with Gasteiger partial charge in [0.2, 0.25) is 0 Å². The van der Waals surface area contributed by atoms with Crippen LogP contribution in [-0.4, -0.2) is 29.7 Å². The number of nitrogens with zero attached hydrogens (tertiary/aromatic N) is 1. The van der Waals surface area contributed by atoms with Crippen LogP contribution in [0.15, 0.2) is 33.8 Å². The number of H-pyrrole nitrogens is 1. The first-order chi connectivity index (χ1) is 9.31. The van der Waals surface area contributed by atoms with Crippen molar-refractivity contribution >= 4 is 37.7 Å². The zero-order valence-corrected chi connectivity index (χ0v) is 12.0. The number of rotatable bonds is 4. The normalized spacial score (nSPS) is 11.3. The summed E-state index contributed by atoms with van der Waals surface area (Å²) in [6.45, 7) is 0. The summed E-state index contributed by atoms with van der Waals surface area (Å²) in [7, 11) is -4.28. The van der Waals surface area contributed by atoms with E-state index in [1.165, 1.54) is 12.3 Å². The van der Waals surface area contributed by atoms with Crippen molar-refractivity contribution < 1.29 is 22.7 Å². The lowest BCUT2D eigenvalue weighted by Crippen LogP contribution is -2.17. The van der Waals surface area contributed by atoms with Crippen LogP contribution in [0.5, 0.6) is 0 Å². The van der Waals surface area contributed by atoms with Crippen LogP contribution in [0.1, 0.15) is 10.4 Å². The first-order valence-corrected chi connectivity index (χ1v) is 7.33. The lowest BCUT2D eigenvalue weighted by Gasteiger charge is -2.09. The molecule has 0 fully saturated rings. The van der Waals surface area contributed by atoms with E-state index >= 15 is 0 Å². The van der Waals surface area contributed by atoms with Crippen molar-refractivity contribution in [3.05, 3.63) is 40.2 Å². The predicted octanol–water partition coefficient (Wildman–Crippen LogP) is 1.81. The highest BCUT2D eigenvalue weighted by atomic mass is 79.9. The van der Waals surface area contributed by atoms with E-state index in [-0.39, 0.29) is 10.3 Å². The average molecular weight is 364 g/mol. The second-order valence-electron chi connectivity index (χ2n) is 3.65. The Morgan fingerprint density at radius 2 is 2.15 bits per heavy atom. The van der Waals surface area contributed by atoms with Gasteiger partial charge >= 0.3 is 5.97 Å². The van der Waals surface area contributed by atoms with Gasteiger partial charge in [-0.25, -0.2) is 17.6 Å². The number of aromatic nitrogens is 2. The molecular formula is C10H7BrFN3O4S. The van der Waals surface area contributed by atoms with Gasteiger partial charge in [-0.15, -0.1) is 0 Å². The molecule has 0 aliphatic rings. The minimum atomic E-state index is -4.28. The Kier molecular flexibility index (Phi) is 3.77. The molecular weight excluding hydrogens is 357 g/mol. The minimum absolute atomic E-state index is 0.0289. The van der Waals surface area contributed by atoms with E-state index in [1.807, 2.05) is 4.72 Å². The van der Waals surface area contributed by atoms with Gasteiger partial charge < -0.3 is 5.11 Å². The molecule has 0 aliphatic heterocycles. The molecule has 0 aliphatic carbocycles. The third-order valence-electron chi connectivity index (χ3n) is 2.27.